The molecule has 4 nitrogen and oxygen atoms in total. The highest BCUT2D eigenvalue weighted by Crippen LogP contribution is 2.22. The largest absolute Gasteiger partial charge is 0.492 e. The average molecular weight is 405 g/mol. The number of halogens is 1. The molecule has 0 aliphatic carbocycles. The maximum Gasteiger partial charge on any atom is 0.261 e. The zero-order valence-corrected chi connectivity index (χ0v) is 17.1. The smallest absolute Gasteiger partial charge is 0.261 e. The molecule has 1 heterocycles. The zero-order chi connectivity index (χ0) is 20.4. The number of aryl methyl sites for hydroxylation is 2. The molecule has 0 saturated heterocycles. The molecule has 0 aliphatic heterocycles. The molecule has 29 heavy (non-hydrogen) atoms. The van der Waals surface area contributed by atoms with Gasteiger partial charge in [-0.1, -0.05) is 29.8 Å². The zero-order valence-electron chi connectivity index (χ0n) is 16.4. The number of hydrogen-bond donors (Lipinski definition) is 0. The molecule has 4 aromatic rings. The van der Waals surface area contributed by atoms with Crippen LogP contribution in [0.15, 0.2) is 71.5 Å². The Morgan fingerprint density at radius 3 is 2.38 bits per heavy atom. The summed E-state index contributed by atoms with van der Waals surface area (Å²) in [6.07, 6.45) is 0. The molecule has 0 unspecified atom stereocenters. The van der Waals surface area contributed by atoms with Gasteiger partial charge in [0.25, 0.3) is 5.56 Å². The summed E-state index contributed by atoms with van der Waals surface area (Å²) in [5.41, 5.74) is 3.72. The Morgan fingerprint density at radius 1 is 0.966 bits per heavy atom. The molecule has 0 N–H and O–H groups in total. The van der Waals surface area contributed by atoms with Crippen LogP contribution < -0.4 is 10.3 Å². The molecule has 0 radical (unpaired) electrons. The van der Waals surface area contributed by atoms with Gasteiger partial charge < -0.3 is 4.74 Å². The third kappa shape index (κ3) is 4.17. The lowest BCUT2D eigenvalue weighted by atomic mass is 10.1. The predicted molar refractivity (Wildman–Crippen MR) is 118 cm³/mol. The average Bonchev–Trinajstić information content (AvgIpc) is 2.69. The summed E-state index contributed by atoms with van der Waals surface area (Å²) in [4.78, 5) is 17.9. The highest BCUT2D eigenvalue weighted by Gasteiger charge is 2.13. The van der Waals surface area contributed by atoms with Crippen molar-refractivity contribution in [3.63, 3.8) is 0 Å². The van der Waals surface area contributed by atoms with E-state index in [1.165, 1.54) is 0 Å². The molecule has 4 rings (SSSR count). The first-order valence-corrected chi connectivity index (χ1v) is 9.86. The molecule has 0 spiro atoms. The summed E-state index contributed by atoms with van der Waals surface area (Å²) in [6.45, 7) is 4.83. The van der Waals surface area contributed by atoms with Crippen molar-refractivity contribution >= 4 is 22.5 Å². The van der Waals surface area contributed by atoms with E-state index in [1.54, 1.807) is 22.8 Å². The van der Waals surface area contributed by atoms with E-state index in [0.29, 0.717) is 34.9 Å². The van der Waals surface area contributed by atoms with Gasteiger partial charge in [0, 0.05) is 10.6 Å². The Labute approximate surface area is 174 Å². The molecular formula is C24H21ClN2O2. The maximum atomic E-state index is 13.2. The van der Waals surface area contributed by atoms with E-state index in [2.05, 4.69) is 6.07 Å². The van der Waals surface area contributed by atoms with Crippen LogP contribution in [0.1, 0.15) is 11.1 Å². The minimum atomic E-state index is -0.0791. The lowest BCUT2D eigenvalue weighted by Crippen LogP contribution is -2.26. The minimum Gasteiger partial charge on any atom is -0.492 e. The van der Waals surface area contributed by atoms with Crippen LogP contribution in [-0.2, 0) is 6.54 Å². The number of nitrogens with zero attached hydrogens (tertiary/aromatic N) is 2. The van der Waals surface area contributed by atoms with Crippen molar-refractivity contribution in [3.8, 4) is 17.1 Å². The van der Waals surface area contributed by atoms with Crippen LogP contribution in [0, 0.1) is 13.8 Å². The second-order valence-corrected chi connectivity index (χ2v) is 7.52. The molecule has 0 saturated carbocycles. The van der Waals surface area contributed by atoms with E-state index in [-0.39, 0.29) is 5.56 Å². The van der Waals surface area contributed by atoms with E-state index in [9.17, 15) is 4.79 Å². The van der Waals surface area contributed by atoms with Gasteiger partial charge in [-0.05, 0) is 73.5 Å². The monoisotopic (exact) mass is 404 g/mol. The van der Waals surface area contributed by atoms with Gasteiger partial charge in [-0.25, -0.2) is 4.98 Å². The Hall–Kier alpha value is -3.11. The Balaban J connectivity index is 1.71. The van der Waals surface area contributed by atoms with Crippen LogP contribution in [-0.4, -0.2) is 16.2 Å². The molecule has 3 aromatic carbocycles. The van der Waals surface area contributed by atoms with Crippen molar-refractivity contribution in [3.05, 3.63) is 93.2 Å². The number of fused-ring (bicyclic) bond motifs is 1. The summed E-state index contributed by atoms with van der Waals surface area (Å²) in [6, 6.07) is 20.8. The standard InChI is InChI=1S/C24H21ClN2O2/c1-16-13-17(2)15-20(14-16)29-12-11-27-23(18-7-9-19(25)10-8-18)26-22-6-4-3-5-21(22)24(27)28/h3-10,13-15H,11-12H2,1-2H3. The number of para-hydroxylation sites is 1. The first-order valence-electron chi connectivity index (χ1n) is 9.48. The molecule has 0 fully saturated rings. The van der Waals surface area contributed by atoms with Crippen molar-refractivity contribution in [1.29, 1.82) is 0 Å². The molecular weight excluding hydrogens is 384 g/mol. The van der Waals surface area contributed by atoms with E-state index in [1.807, 2.05) is 56.3 Å². The highest BCUT2D eigenvalue weighted by atomic mass is 35.5. The molecule has 0 bridgehead atoms. The number of aromatic nitrogens is 2. The minimum absolute atomic E-state index is 0.0791. The third-order valence-electron chi connectivity index (χ3n) is 4.74. The van der Waals surface area contributed by atoms with Gasteiger partial charge in [-0.15, -0.1) is 0 Å². The second kappa shape index (κ2) is 8.10. The lowest BCUT2D eigenvalue weighted by Gasteiger charge is -2.15. The number of hydrogen-bond acceptors (Lipinski definition) is 3. The highest BCUT2D eigenvalue weighted by molar-refractivity contribution is 6.30. The van der Waals surface area contributed by atoms with Crippen LogP contribution in [0.3, 0.4) is 0 Å². The van der Waals surface area contributed by atoms with Gasteiger partial charge >= 0.3 is 0 Å². The lowest BCUT2D eigenvalue weighted by molar-refractivity contribution is 0.296. The van der Waals surface area contributed by atoms with Crippen molar-refractivity contribution in [2.24, 2.45) is 0 Å². The van der Waals surface area contributed by atoms with Crippen molar-refractivity contribution in [2.45, 2.75) is 20.4 Å². The van der Waals surface area contributed by atoms with Gasteiger partial charge in [0.1, 0.15) is 18.2 Å². The third-order valence-corrected chi connectivity index (χ3v) is 4.99. The first-order chi connectivity index (χ1) is 14.0. The summed E-state index contributed by atoms with van der Waals surface area (Å²) in [5.74, 6) is 1.41. The first kappa shape index (κ1) is 19.2. The quantitative estimate of drug-likeness (QED) is 0.446. The summed E-state index contributed by atoms with van der Waals surface area (Å²) >= 11 is 6.03. The van der Waals surface area contributed by atoms with E-state index in [0.717, 1.165) is 22.4 Å². The molecule has 0 aliphatic rings. The van der Waals surface area contributed by atoms with Gasteiger partial charge in [0.05, 0.1) is 17.4 Å². The topological polar surface area (TPSA) is 44.1 Å². The molecule has 5 heteroatoms. The fourth-order valence-electron chi connectivity index (χ4n) is 3.47. The van der Waals surface area contributed by atoms with Gasteiger partial charge in [-0.2, -0.15) is 0 Å². The molecule has 146 valence electrons. The number of ether oxygens (including phenoxy) is 1. The number of rotatable bonds is 5. The van der Waals surface area contributed by atoms with Crippen LogP contribution in [0.4, 0.5) is 0 Å². The Morgan fingerprint density at radius 2 is 1.66 bits per heavy atom. The van der Waals surface area contributed by atoms with Crippen molar-refractivity contribution in [2.75, 3.05) is 6.61 Å². The SMILES string of the molecule is Cc1cc(C)cc(OCCn2c(-c3ccc(Cl)cc3)nc3ccccc3c2=O)c1. The van der Waals surface area contributed by atoms with E-state index < -0.39 is 0 Å². The molecule has 1 aromatic heterocycles. The Bertz CT molecular complexity index is 1210. The van der Waals surface area contributed by atoms with Crippen LogP contribution in [0.25, 0.3) is 22.3 Å². The summed E-state index contributed by atoms with van der Waals surface area (Å²) in [5, 5.41) is 1.23. The Kier molecular flexibility index (Phi) is 5.36. The van der Waals surface area contributed by atoms with Crippen LogP contribution >= 0.6 is 11.6 Å². The van der Waals surface area contributed by atoms with Crippen molar-refractivity contribution in [1.82, 2.24) is 9.55 Å². The van der Waals surface area contributed by atoms with Gasteiger partial charge in [0.2, 0.25) is 0 Å². The second-order valence-electron chi connectivity index (χ2n) is 7.09. The predicted octanol–water partition coefficient (Wildman–Crippen LogP) is 5.41. The van der Waals surface area contributed by atoms with Crippen molar-refractivity contribution < 1.29 is 4.74 Å². The summed E-state index contributed by atoms with van der Waals surface area (Å²) < 4.78 is 7.61. The van der Waals surface area contributed by atoms with Gasteiger partial charge in [0.15, 0.2) is 0 Å². The molecule has 0 amide bonds. The van der Waals surface area contributed by atoms with E-state index in [4.69, 9.17) is 21.3 Å². The van der Waals surface area contributed by atoms with Gasteiger partial charge in [-0.3, -0.25) is 9.36 Å². The normalized spacial score (nSPS) is 11.0. The fourth-order valence-corrected chi connectivity index (χ4v) is 3.59. The maximum absolute atomic E-state index is 13.2. The molecule has 0 atom stereocenters. The van der Waals surface area contributed by atoms with Crippen LogP contribution in [0.5, 0.6) is 5.75 Å². The fraction of sp³-hybridized carbons (Fsp3) is 0.167. The van der Waals surface area contributed by atoms with Crippen LogP contribution in [0.2, 0.25) is 5.02 Å². The van der Waals surface area contributed by atoms with E-state index >= 15 is 0 Å². The summed E-state index contributed by atoms with van der Waals surface area (Å²) in [7, 11) is 0. The number of benzene rings is 3.